The van der Waals surface area contributed by atoms with Crippen LogP contribution in [0.15, 0.2) is 42.5 Å². The molecule has 4 heteroatoms. The normalized spacial score (nSPS) is 24.7. The summed E-state index contributed by atoms with van der Waals surface area (Å²) < 4.78 is 0. The molecular formula is C23H28N2O2. The third-order valence-corrected chi connectivity index (χ3v) is 6.47. The Labute approximate surface area is 160 Å². The number of amides is 2. The molecule has 2 saturated carbocycles. The third kappa shape index (κ3) is 4.00. The third-order valence-electron chi connectivity index (χ3n) is 6.47. The van der Waals surface area contributed by atoms with E-state index in [-0.39, 0.29) is 17.9 Å². The molecule has 2 bridgehead atoms. The SMILES string of the molecule is CC(NC(=O)CCNC(=O)c1ccc2ccccc2c1)C1CC2CCC1C2. The lowest BCUT2D eigenvalue weighted by Gasteiger charge is -2.28. The zero-order valence-electron chi connectivity index (χ0n) is 15.9. The molecule has 2 aromatic carbocycles. The van der Waals surface area contributed by atoms with E-state index in [4.69, 9.17) is 0 Å². The second-order valence-electron chi connectivity index (χ2n) is 8.26. The monoisotopic (exact) mass is 364 g/mol. The van der Waals surface area contributed by atoms with Gasteiger partial charge in [0, 0.05) is 24.6 Å². The van der Waals surface area contributed by atoms with E-state index in [1.165, 1.54) is 25.7 Å². The van der Waals surface area contributed by atoms with Crippen molar-refractivity contribution in [1.82, 2.24) is 10.6 Å². The molecule has 0 spiro atoms. The van der Waals surface area contributed by atoms with Crippen molar-refractivity contribution >= 4 is 22.6 Å². The van der Waals surface area contributed by atoms with Crippen LogP contribution in [0.4, 0.5) is 0 Å². The zero-order valence-corrected chi connectivity index (χ0v) is 15.9. The Hall–Kier alpha value is -2.36. The van der Waals surface area contributed by atoms with E-state index in [9.17, 15) is 9.59 Å². The molecule has 27 heavy (non-hydrogen) atoms. The van der Waals surface area contributed by atoms with E-state index in [1.807, 2.05) is 42.5 Å². The Morgan fingerprint density at radius 2 is 1.89 bits per heavy atom. The van der Waals surface area contributed by atoms with Gasteiger partial charge in [-0.25, -0.2) is 0 Å². The number of hydrogen-bond acceptors (Lipinski definition) is 2. The van der Waals surface area contributed by atoms with Crippen LogP contribution in [0.2, 0.25) is 0 Å². The molecule has 2 aromatic rings. The van der Waals surface area contributed by atoms with Crippen LogP contribution < -0.4 is 10.6 Å². The van der Waals surface area contributed by atoms with Gasteiger partial charge in [-0.2, -0.15) is 0 Å². The molecule has 4 rings (SSSR count). The summed E-state index contributed by atoms with van der Waals surface area (Å²) >= 11 is 0. The van der Waals surface area contributed by atoms with Gasteiger partial charge >= 0.3 is 0 Å². The Kier molecular flexibility index (Phi) is 5.15. The number of fused-ring (bicyclic) bond motifs is 3. The van der Waals surface area contributed by atoms with Gasteiger partial charge in [-0.05, 0) is 66.8 Å². The Bertz CT molecular complexity index is 847. The molecule has 2 amide bonds. The Balaban J connectivity index is 1.23. The number of carbonyl (C=O) groups excluding carboxylic acids is 2. The molecule has 2 N–H and O–H groups in total. The van der Waals surface area contributed by atoms with Crippen LogP contribution in [0.1, 0.15) is 49.4 Å². The molecule has 0 radical (unpaired) electrons. The van der Waals surface area contributed by atoms with Gasteiger partial charge in [0.25, 0.3) is 5.91 Å². The molecule has 0 aliphatic heterocycles. The van der Waals surface area contributed by atoms with Crippen molar-refractivity contribution in [2.45, 2.75) is 45.1 Å². The van der Waals surface area contributed by atoms with E-state index >= 15 is 0 Å². The summed E-state index contributed by atoms with van der Waals surface area (Å²) in [4.78, 5) is 24.6. The average Bonchev–Trinajstić information content (AvgIpc) is 3.31. The second kappa shape index (κ2) is 7.71. The molecule has 2 aliphatic carbocycles. The van der Waals surface area contributed by atoms with E-state index in [1.54, 1.807) is 0 Å². The minimum absolute atomic E-state index is 0.0316. The van der Waals surface area contributed by atoms with Crippen molar-refractivity contribution in [2.75, 3.05) is 6.54 Å². The van der Waals surface area contributed by atoms with Gasteiger partial charge in [0.15, 0.2) is 0 Å². The molecule has 0 aromatic heterocycles. The van der Waals surface area contributed by atoms with Crippen molar-refractivity contribution in [3.8, 4) is 0 Å². The van der Waals surface area contributed by atoms with Crippen molar-refractivity contribution in [3.05, 3.63) is 48.0 Å². The first-order valence-electron chi connectivity index (χ1n) is 10.2. The van der Waals surface area contributed by atoms with Crippen molar-refractivity contribution < 1.29 is 9.59 Å². The summed E-state index contributed by atoms with van der Waals surface area (Å²) in [5.74, 6) is 2.23. The minimum Gasteiger partial charge on any atom is -0.353 e. The topological polar surface area (TPSA) is 58.2 Å². The van der Waals surface area contributed by atoms with Gasteiger partial charge in [0.2, 0.25) is 5.91 Å². The highest BCUT2D eigenvalue weighted by Crippen LogP contribution is 2.49. The maximum absolute atomic E-state index is 12.3. The number of carbonyl (C=O) groups is 2. The lowest BCUT2D eigenvalue weighted by atomic mass is 9.84. The molecule has 4 unspecified atom stereocenters. The van der Waals surface area contributed by atoms with Crippen LogP contribution in [-0.4, -0.2) is 24.4 Å². The molecule has 4 atom stereocenters. The van der Waals surface area contributed by atoms with E-state index in [0.717, 1.165) is 22.6 Å². The highest BCUT2D eigenvalue weighted by atomic mass is 16.2. The minimum atomic E-state index is -0.130. The van der Waals surface area contributed by atoms with Crippen LogP contribution in [0.3, 0.4) is 0 Å². The maximum Gasteiger partial charge on any atom is 0.251 e. The predicted octanol–water partition coefficient (Wildman–Crippen LogP) is 3.90. The first-order valence-corrected chi connectivity index (χ1v) is 10.2. The van der Waals surface area contributed by atoms with Crippen molar-refractivity contribution in [3.63, 3.8) is 0 Å². The van der Waals surface area contributed by atoms with Gasteiger partial charge in [-0.1, -0.05) is 36.8 Å². The standard InChI is InChI=1S/C23H28N2O2/c1-15(21-13-16-6-7-19(21)12-16)25-22(26)10-11-24-23(27)20-9-8-17-4-2-3-5-18(17)14-20/h2-5,8-9,14-16,19,21H,6-7,10-13H2,1H3,(H,24,27)(H,25,26). The van der Waals surface area contributed by atoms with Crippen LogP contribution in [0, 0.1) is 17.8 Å². The van der Waals surface area contributed by atoms with Gasteiger partial charge in [0.1, 0.15) is 0 Å². The number of nitrogens with one attached hydrogen (secondary N) is 2. The van der Waals surface area contributed by atoms with Gasteiger partial charge < -0.3 is 10.6 Å². The predicted molar refractivity (Wildman–Crippen MR) is 107 cm³/mol. The Morgan fingerprint density at radius 1 is 1.07 bits per heavy atom. The van der Waals surface area contributed by atoms with E-state index < -0.39 is 0 Å². The quantitative estimate of drug-likeness (QED) is 0.817. The van der Waals surface area contributed by atoms with E-state index in [0.29, 0.717) is 24.4 Å². The van der Waals surface area contributed by atoms with Crippen LogP contribution >= 0.6 is 0 Å². The number of rotatable bonds is 6. The van der Waals surface area contributed by atoms with Gasteiger partial charge in [0.05, 0.1) is 0 Å². The lowest BCUT2D eigenvalue weighted by Crippen LogP contribution is -2.41. The first kappa shape index (κ1) is 18.0. The summed E-state index contributed by atoms with van der Waals surface area (Å²) in [6.07, 6.45) is 5.65. The second-order valence-corrected chi connectivity index (χ2v) is 8.26. The fourth-order valence-corrected chi connectivity index (χ4v) is 5.06. The summed E-state index contributed by atoms with van der Waals surface area (Å²) in [5, 5.41) is 8.18. The molecule has 2 aliphatic rings. The Morgan fingerprint density at radius 3 is 2.63 bits per heavy atom. The zero-order chi connectivity index (χ0) is 18.8. The number of hydrogen-bond donors (Lipinski definition) is 2. The molecule has 142 valence electrons. The number of benzene rings is 2. The maximum atomic E-state index is 12.3. The fraction of sp³-hybridized carbons (Fsp3) is 0.478. The van der Waals surface area contributed by atoms with Crippen molar-refractivity contribution in [1.29, 1.82) is 0 Å². The summed E-state index contributed by atoms with van der Waals surface area (Å²) in [7, 11) is 0. The van der Waals surface area contributed by atoms with Crippen molar-refractivity contribution in [2.24, 2.45) is 17.8 Å². The van der Waals surface area contributed by atoms with Gasteiger partial charge in [-0.3, -0.25) is 9.59 Å². The van der Waals surface area contributed by atoms with Crippen LogP contribution in [0.25, 0.3) is 10.8 Å². The lowest BCUT2D eigenvalue weighted by molar-refractivity contribution is -0.122. The molecule has 2 fully saturated rings. The highest BCUT2D eigenvalue weighted by Gasteiger charge is 2.42. The summed E-state index contributed by atoms with van der Waals surface area (Å²) in [5.41, 5.74) is 0.629. The largest absolute Gasteiger partial charge is 0.353 e. The summed E-state index contributed by atoms with van der Waals surface area (Å²) in [6, 6.07) is 13.9. The first-order chi connectivity index (χ1) is 13.1. The molecule has 4 nitrogen and oxygen atoms in total. The van der Waals surface area contributed by atoms with E-state index in [2.05, 4.69) is 17.6 Å². The average molecular weight is 364 g/mol. The highest BCUT2D eigenvalue weighted by molar-refractivity contribution is 5.98. The molecule has 0 saturated heterocycles. The summed E-state index contributed by atoms with van der Waals surface area (Å²) in [6.45, 7) is 2.50. The van der Waals surface area contributed by atoms with Crippen LogP contribution in [0.5, 0.6) is 0 Å². The fourth-order valence-electron chi connectivity index (χ4n) is 5.06. The smallest absolute Gasteiger partial charge is 0.251 e. The molecular weight excluding hydrogens is 336 g/mol. The van der Waals surface area contributed by atoms with Gasteiger partial charge in [-0.15, -0.1) is 0 Å². The van der Waals surface area contributed by atoms with Crippen LogP contribution in [-0.2, 0) is 4.79 Å². The molecule has 0 heterocycles.